The second-order valence-electron chi connectivity index (χ2n) is 7.57. The first kappa shape index (κ1) is 17.6. The van der Waals surface area contributed by atoms with E-state index in [4.69, 9.17) is 15.1 Å². The van der Waals surface area contributed by atoms with Gasteiger partial charge in [-0.25, -0.2) is 14.5 Å². The van der Waals surface area contributed by atoms with Crippen molar-refractivity contribution in [2.75, 3.05) is 31.1 Å². The Bertz CT molecular complexity index is 1230. The number of anilines is 1. The summed E-state index contributed by atoms with van der Waals surface area (Å²) in [6, 6.07) is 16.4. The van der Waals surface area contributed by atoms with Crippen molar-refractivity contribution in [3.8, 4) is 11.3 Å². The number of aromatic nitrogens is 5. The maximum Gasteiger partial charge on any atom is 0.214 e. The molecule has 0 amide bonds. The van der Waals surface area contributed by atoms with Crippen molar-refractivity contribution in [1.82, 2.24) is 28.9 Å². The molecule has 1 aliphatic rings. The van der Waals surface area contributed by atoms with Gasteiger partial charge in [0, 0.05) is 50.7 Å². The predicted molar refractivity (Wildman–Crippen MR) is 119 cm³/mol. The fourth-order valence-corrected chi connectivity index (χ4v) is 4.89. The predicted octanol–water partition coefficient (Wildman–Crippen LogP) is 3.43. The Balaban J connectivity index is 1.12. The highest BCUT2D eigenvalue weighted by Crippen LogP contribution is 2.27. The van der Waals surface area contributed by atoms with Gasteiger partial charge in [-0.1, -0.05) is 47.7 Å². The smallest absolute Gasteiger partial charge is 0.214 e. The average Bonchev–Trinajstić information content (AvgIpc) is 3.47. The summed E-state index contributed by atoms with van der Waals surface area (Å²) >= 11 is 1.66. The third-order valence-electron chi connectivity index (χ3n) is 5.54. The lowest BCUT2D eigenvalue weighted by Crippen LogP contribution is -2.46. The third-order valence-corrected chi connectivity index (χ3v) is 6.53. The van der Waals surface area contributed by atoms with Crippen LogP contribution in [0.25, 0.3) is 21.9 Å². The zero-order valence-electron chi connectivity index (χ0n) is 16.4. The van der Waals surface area contributed by atoms with Crippen molar-refractivity contribution in [2.24, 2.45) is 0 Å². The van der Waals surface area contributed by atoms with Crippen LogP contribution < -0.4 is 4.90 Å². The van der Waals surface area contributed by atoms with E-state index >= 15 is 0 Å². The molecule has 4 aromatic heterocycles. The van der Waals surface area contributed by atoms with Gasteiger partial charge in [0.2, 0.25) is 10.1 Å². The van der Waals surface area contributed by atoms with E-state index in [1.165, 1.54) is 0 Å². The highest BCUT2D eigenvalue weighted by Gasteiger charge is 2.21. The molecular formula is C22H21N7S. The van der Waals surface area contributed by atoms with Crippen molar-refractivity contribution in [1.29, 1.82) is 0 Å². The summed E-state index contributed by atoms with van der Waals surface area (Å²) in [5, 5.41) is 5.83. The maximum absolute atomic E-state index is 4.78. The molecule has 5 heterocycles. The molecule has 6 rings (SSSR count). The number of fused-ring (bicyclic) bond motifs is 2. The zero-order valence-corrected chi connectivity index (χ0v) is 17.2. The summed E-state index contributed by atoms with van der Waals surface area (Å²) in [5.41, 5.74) is 4.22. The minimum absolute atomic E-state index is 0.886. The van der Waals surface area contributed by atoms with Crippen LogP contribution >= 0.6 is 11.3 Å². The van der Waals surface area contributed by atoms with Crippen molar-refractivity contribution in [3.05, 3.63) is 72.8 Å². The fourth-order valence-electron chi connectivity index (χ4n) is 3.96. The van der Waals surface area contributed by atoms with Crippen LogP contribution in [0.15, 0.2) is 67.1 Å². The van der Waals surface area contributed by atoms with E-state index in [1.807, 2.05) is 53.3 Å². The number of imidazole rings is 2. The number of piperazine rings is 1. The number of hydrogen-bond donors (Lipinski definition) is 0. The molecule has 0 atom stereocenters. The lowest BCUT2D eigenvalue weighted by Gasteiger charge is -2.33. The first-order valence-corrected chi connectivity index (χ1v) is 10.9. The average molecular weight is 416 g/mol. The Labute approximate surface area is 177 Å². The van der Waals surface area contributed by atoms with Crippen LogP contribution in [0.3, 0.4) is 0 Å². The number of hydrogen-bond acceptors (Lipinski definition) is 6. The molecule has 0 spiro atoms. The van der Waals surface area contributed by atoms with Gasteiger partial charge in [0.25, 0.3) is 0 Å². The van der Waals surface area contributed by atoms with E-state index in [0.717, 1.165) is 65.4 Å². The fraction of sp³-hybridized carbons (Fsp3) is 0.227. The van der Waals surface area contributed by atoms with Crippen LogP contribution in [0.1, 0.15) is 5.69 Å². The molecule has 0 bridgehead atoms. The largest absolute Gasteiger partial charge is 0.344 e. The van der Waals surface area contributed by atoms with E-state index in [2.05, 4.69) is 32.5 Å². The van der Waals surface area contributed by atoms with Crippen molar-refractivity contribution >= 4 is 27.1 Å². The van der Waals surface area contributed by atoms with Gasteiger partial charge in [0.05, 0.1) is 17.6 Å². The van der Waals surface area contributed by atoms with Crippen molar-refractivity contribution in [2.45, 2.75) is 6.54 Å². The molecule has 0 radical (unpaired) electrons. The number of nitrogens with zero attached hydrogens (tertiary/aromatic N) is 7. The van der Waals surface area contributed by atoms with Gasteiger partial charge >= 0.3 is 0 Å². The summed E-state index contributed by atoms with van der Waals surface area (Å²) < 4.78 is 3.99. The normalized spacial score (nSPS) is 15.4. The summed E-state index contributed by atoms with van der Waals surface area (Å²) in [5.74, 6) is 0. The lowest BCUT2D eigenvalue weighted by atomic mass is 10.2. The van der Waals surface area contributed by atoms with Crippen LogP contribution in [-0.4, -0.2) is 55.1 Å². The minimum atomic E-state index is 0.886. The number of rotatable bonds is 4. The molecule has 1 saturated heterocycles. The highest BCUT2D eigenvalue weighted by atomic mass is 32.1. The first-order chi connectivity index (χ1) is 14.8. The zero-order chi connectivity index (χ0) is 19.9. The Morgan fingerprint density at radius 3 is 2.50 bits per heavy atom. The van der Waals surface area contributed by atoms with Crippen molar-refractivity contribution in [3.63, 3.8) is 0 Å². The molecule has 0 saturated carbocycles. The molecule has 150 valence electrons. The van der Waals surface area contributed by atoms with Gasteiger partial charge in [-0.05, 0) is 12.1 Å². The highest BCUT2D eigenvalue weighted by molar-refractivity contribution is 7.20. The van der Waals surface area contributed by atoms with Crippen LogP contribution in [0.5, 0.6) is 0 Å². The molecule has 1 aromatic carbocycles. The van der Waals surface area contributed by atoms with Gasteiger partial charge < -0.3 is 9.30 Å². The SMILES string of the molecule is c1ccc(-c2cn3nc(N4CCN(Cc5cn6ccccc6n5)CC4)sc3n2)cc1. The van der Waals surface area contributed by atoms with E-state index in [0.29, 0.717) is 0 Å². The van der Waals surface area contributed by atoms with Gasteiger partial charge in [-0.3, -0.25) is 4.90 Å². The second-order valence-corrected chi connectivity index (χ2v) is 8.50. The van der Waals surface area contributed by atoms with Gasteiger partial charge in [0.15, 0.2) is 0 Å². The van der Waals surface area contributed by atoms with Gasteiger partial charge in [0.1, 0.15) is 5.65 Å². The van der Waals surface area contributed by atoms with Crippen molar-refractivity contribution < 1.29 is 0 Å². The maximum atomic E-state index is 4.78. The lowest BCUT2D eigenvalue weighted by molar-refractivity contribution is 0.247. The van der Waals surface area contributed by atoms with E-state index in [-0.39, 0.29) is 0 Å². The summed E-state index contributed by atoms with van der Waals surface area (Å²) in [7, 11) is 0. The second kappa shape index (κ2) is 7.23. The van der Waals surface area contributed by atoms with Gasteiger partial charge in [-0.2, -0.15) is 0 Å². The Kier molecular flexibility index (Phi) is 4.24. The summed E-state index contributed by atoms with van der Waals surface area (Å²) in [6.07, 6.45) is 6.19. The first-order valence-electron chi connectivity index (χ1n) is 10.1. The molecular weight excluding hydrogens is 394 g/mol. The Morgan fingerprint density at radius 1 is 0.867 bits per heavy atom. The molecule has 30 heavy (non-hydrogen) atoms. The number of pyridine rings is 1. The van der Waals surface area contributed by atoms with Crippen LogP contribution in [-0.2, 0) is 6.54 Å². The number of benzene rings is 1. The molecule has 5 aromatic rings. The third kappa shape index (κ3) is 3.24. The molecule has 1 aliphatic heterocycles. The van der Waals surface area contributed by atoms with E-state index in [9.17, 15) is 0 Å². The van der Waals surface area contributed by atoms with Crippen LogP contribution in [0, 0.1) is 0 Å². The minimum Gasteiger partial charge on any atom is -0.344 e. The standard InChI is InChI=1S/C22H21N7S/c1-2-6-17(7-3-1)19-16-29-21(24-19)30-22(25-29)27-12-10-26(11-13-27)14-18-15-28-9-5-4-8-20(28)23-18/h1-9,15-16H,10-14H2. The molecule has 0 N–H and O–H groups in total. The monoisotopic (exact) mass is 415 g/mol. The quantitative estimate of drug-likeness (QED) is 0.450. The molecule has 1 fully saturated rings. The topological polar surface area (TPSA) is 54.0 Å². The Morgan fingerprint density at radius 2 is 1.70 bits per heavy atom. The summed E-state index contributed by atoms with van der Waals surface area (Å²) in [4.78, 5) is 15.3. The Hall–Kier alpha value is -3.23. The van der Waals surface area contributed by atoms with E-state index < -0.39 is 0 Å². The molecule has 7 nitrogen and oxygen atoms in total. The molecule has 8 heteroatoms. The van der Waals surface area contributed by atoms with Crippen LogP contribution in [0.2, 0.25) is 0 Å². The van der Waals surface area contributed by atoms with Gasteiger partial charge in [-0.15, -0.1) is 5.10 Å². The van der Waals surface area contributed by atoms with E-state index in [1.54, 1.807) is 11.3 Å². The summed E-state index contributed by atoms with van der Waals surface area (Å²) in [6.45, 7) is 4.83. The molecule has 0 aliphatic carbocycles. The van der Waals surface area contributed by atoms with Crippen LogP contribution in [0.4, 0.5) is 5.13 Å². The molecule has 0 unspecified atom stereocenters.